The third-order valence-corrected chi connectivity index (χ3v) is 4.76. The Morgan fingerprint density at radius 2 is 2.07 bits per heavy atom. The molecule has 7 nitrogen and oxygen atoms in total. The second-order valence-electron chi connectivity index (χ2n) is 6.79. The predicted octanol–water partition coefficient (Wildman–Crippen LogP) is 3.36. The van der Waals surface area contributed by atoms with Gasteiger partial charge < -0.3 is 14.9 Å². The Morgan fingerprint density at radius 3 is 2.79 bits per heavy atom. The van der Waals surface area contributed by atoms with Crippen molar-refractivity contribution in [3.63, 3.8) is 0 Å². The van der Waals surface area contributed by atoms with Crippen LogP contribution in [0.3, 0.4) is 0 Å². The van der Waals surface area contributed by atoms with E-state index in [4.69, 9.17) is 5.26 Å². The Hall–Kier alpha value is -4.18. The maximum atomic E-state index is 12.6. The van der Waals surface area contributed by atoms with Gasteiger partial charge >= 0.3 is 0 Å². The number of carbonyl (C=O) groups excluding carboxylic acids is 1. The van der Waals surface area contributed by atoms with Gasteiger partial charge in [-0.15, -0.1) is 0 Å². The Bertz CT molecular complexity index is 1360. The van der Waals surface area contributed by atoms with Gasteiger partial charge in [0.15, 0.2) is 0 Å². The SMILES string of the molecule is Cc1cc(C#N)cnc1C(=O)Nc1ccc2[nH]cc(-c3ccc(=O)n(C)c3)c2c1. The van der Waals surface area contributed by atoms with E-state index in [1.165, 1.54) is 16.8 Å². The summed E-state index contributed by atoms with van der Waals surface area (Å²) < 4.78 is 1.53. The number of nitriles is 1. The minimum Gasteiger partial charge on any atom is -0.361 e. The predicted molar refractivity (Wildman–Crippen MR) is 111 cm³/mol. The first-order valence-corrected chi connectivity index (χ1v) is 8.92. The van der Waals surface area contributed by atoms with Crippen molar-refractivity contribution in [3.05, 3.63) is 82.2 Å². The van der Waals surface area contributed by atoms with Crippen molar-refractivity contribution in [1.82, 2.24) is 14.5 Å². The van der Waals surface area contributed by atoms with Gasteiger partial charge in [0.05, 0.1) is 5.56 Å². The molecule has 0 saturated carbocycles. The van der Waals surface area contributed by atoms with Crippen molar-refractivity contribution in [3.8, 4) is 17.2 Å². The van der Waals surface area contributed by atoms with E-state index >= 15 is 0 Å². The number of aromatic amines is 1. The molecule has 4 rings (SSSR count). The highest BCUT2D eigenvalue weighted by Gasteiger charge is 2.13. The highest BCUT2D eigenvalue weighted by Crippen LogP contribution is 2.30. The van der Waals surface area contributed by atoms with Gasteiger partial charge in [0.1, 0.15) is 11.8 Å². The van der Waals surface area contributed by atoms with Gasteiger partial charge in [-0.05, 0) is 42.8 Å². The van der Waals surface area contributed by atoms with E-state index in [1.54, 1.807) is 38.4 Å². The van der Waals surface area contributed by atoms with Gasteiger partial charge in [-0.1, -0.05) is 0 Å². The molecule has 1 amide bonds. The molecular weight excluding hydrogens is 366 g/mol. The van der Waals surface area contributed by atoms with E-state index in [-0.39, 0.29) is 17.2 Å². The van der Waals surface area contributed by atoms with Crippen LogP contribution in [0.15, 0.2) is 59.8 Å². The summed E-state index contributed by atoms with van der Waals surface area (Å²) in [5.41, 5.74) is 4.61. The average Bonchev–Trinajstić information content (AvgIpc) is 3.13. The molecule has 0 aliphatic carbocycles. The number of H-pyrrole nitrogens is 1. The lowest BCUT2D eigenvalue weighted by Crippen LogP contribution is -2.15. The maximum absolute atomic E-state index is 12.6. The monoisotopic (exact) mass is 383 g/mol. The van der Waals surface area contributed by atoms with Gasteiger partial charge in [-0.3, -0.25) is 9.59 Å². The van der Waals surface area contributed by atoms with Crippen LogP contribution in [0.25, 0.3) is 22.0 Å². The molecule has 29 heavy (non-hydrogen) atoms. The van der Waals surface area contributed by atoms with Crippen LogP contribution >= 0.6 is 0 Å². The number of anilines is 1. The molecule has 0 fully saturated rings. The molecule has 0 aliphatic heterocycles. The topological polar surface area (TPSA) is 104 Å². The van der Waals surface area contributed by atoms with E-state index in [2.05, 4.69) is 15.3 Å². The number of carbonyl (C=O) groups is 1. The van der Waals surface area contributed by atoms with E-state index in [9.17, 15) is 9.59 Å². The molecule has 4 aromatic rings. The number of nitrogens with zero attached hydrogens (tertiary/aromatic N) is 3. The van der Waals surface area contributed by atoms with Crippen LogP contribution < -0.4 is 10.9 Å². The summed E-state index contributed by atoms with van der Waals surface area (Å²) in [5, 5.41) is 12.7. The van der Waals surface area contributed by atoms with E-state index in [0.717, 1.165) is 22.0 Å². The molecule has 0 bridgehead atoms. The highest BCUT2D eigenvalue weighted by atomic mass is 16.2. The van der Waals surface area contributed by atoms with Crippen LogP contribution in [0.2, 0.25) is 0 Å². The lowest BCUT2D eigenvalue weighted by Gasteiger charge is -2.08. The second-order valence-corrected chi connectivity index (χ2v) is 6.79. The van der Waals surface area contributed by atoms with E-state index in [0.29, 0.717) is 16.8 Å². The number of aromatic nitrogens is 3. The molecule has 3 aromatic heterocycles. The smallest absolute Gasteiger partial charge is 0.274 e. The molecule has 0 saturated heterocycles. The van der Waals surface area contributed by atoms with Gasteiger partial charge in [0.2, 0.25) is 5.56 Å². The summed E-state index contributed by atoms with van der Waals surface area (Å²) in [6, 6.07) is 12.5. The van der Waals surface area contributed by atoms with Gasteiger partial charge in [-0.2, -0.15) is 5.26 Å². The lowest BCUT2D eigenvalue weighted by atomic mass is 10.1. The van der Waals surface area contributed by atoms with Crippen LogP contribution in [0.5, 0.6) is 0 Å². The third-order valence-electron chi connectivity index (χ3n) is 4.76. The molecule has 0 atom stereocenters. The summed E-state index contributed by atoms with van der Waals surface area (Å²) in [6.07, 6.45) is 5.04. The molecule has 3 heterocycles. The van der Waals surface area contributed by atoms with Crippen molar-refractivity contribution in [2.45, 2.75) is 6.92 Å². The first kappa shape index (κ1) is 18.2. The van der Waals surface area contributed by atoms with Crippen LogP contribution in [-0.4, -0.2) is 20.4 Å². The first-order valence-electron chi connectivity index (χ1n) is 8.92. The molecule has 7 heteroatoms. The normalized spacial score (nSPS) is 10.7. The molecule has 2 N–H and O–H groups in total. The van der Waals surface area contributed by atoms with Crippen molar-refractivity contribution in [1.29, 1.82) is 5.26 Å². The van der Waals surface area contributed by atoms with Crippen molar-refractivity contribution in [2.75, 3.05) is 5.32 Å². The summed E-state index contributed by atoms with van der Waals surface area (Å²) >= 11 is 0. The molecule has 142 valence electrons. The van der Waals surface area contributed by atoms with Crippen LogP contribution in [0, 0.1) is 18.3 Å². The quantitative estimate of drug-likeness (QED) is 0.566. The lowest BCUT2D eigenvalue weighted by molar-refractivity contribution is 0.102. The number of fused-ring (bicyclic) bond motifs is 1. The fraction of sp³-hybridized carbons (Fsp3) is 0.0909. The summed E-state index contributed by atoms with van der Waals surface area (Å²) in [6.45, 7) is 1.75. The largest absolute Gasteiger partial charge is 0.361 e. The number of rotatable bonds is 3. The zero-order valence-corrected chi connectivity index (χ0v) is 15.9. The third kappa shape index (κ3) is 3.39. The number of amides is 1. The van der Waals surface area contributed by atoms with Gasteiger partial charge in [0, 0.05) is 59.4 Å². The van der Waals surface area contributed by atoms with Crippen molar-refractivity contribution < 1.29 is 4.79 Å². The fourth-order valence-corrected chi connectivity index (χ4v) is 3.25. The van der Waals surface area contributed by atoms with Crippen LogP contribution in [-0.2, 0) is 7.05 Å². The Labute approximate surface area is 166 Å². The Morgan fingerprint density at radius 1 is 1.24 bits per heavy atom. The Balaban J connectivity index is 1.69. The van der Waals surface area contributed by atoms with E-state index in [1.807, 2.05) is 24.4 Å². The van der Waals surface area contributed by atoms with Crippen molar-refractivity contribution >= 4 is 22.5 Å². The van der Waals surface area contributed by atoms with Gasteiger partial charge in [0.25, 0.3) is 5.91 Å². The first-order chi connectivity index (χ1) is 14.0. The summed E-state index contributed by atoms with van der Waals surface area (Å²) in [4.78, 5) is 31.6. The molecule has 0 aliphatic rings. The minimum absolute atomic E-state index is 0.0770. The summed E-state index contributed by atoms with van der Waals surface area (Å²) in [5.74, 6) is -0.342. The average molecular weight is 383 g/mol. The minimum atomic E-state index is -0.342. The zero-order valence-electron chi connectivity index (χ0n) is 15.9. The number of benzene rings is 1. The fourth-order valence-electron chi connectivity index (χ4n) is 3.25. The van der Waals surface area contributed by atoms with Crippen LogP contribution in [0.1, 0.15) is 21.6 Å². The number of pyridine rings is 2. The standard InChI is InChI=1S/C22H17N5O2/c1-13-7-14(9-23)10-25-21(13)22(29)26-16-4-5-19-17(8-16)18(11-24-19)15-3-6-20(28)27(2)12-15/h3-8,10-12,24H,1-2H3,(H,26,29). The molecule has 1 aromatic carbocycles. The molecular formula is C22H17N5O2. The Kier molecular flexibility index (Phi) is 4.45. The highest BCUT2D eigenvalue weighted by molar-refractivity contribution is 6.06. The van der Waals surface area contributed by atoms with Crippen molar-refractivity contribution in [2.24, 2.45) is 7.05 Å². The van der Waals surface area contributed by atoms with Gasteiger partial charge in [-0.25, -0.2) is 4.98 Å². The summed E-state index contributed by atoms with van der Waals surface area (Å²) in [7, 11) is 1.71. The maximum Gasteiger partial charge on any atom is 0.274 e. The number of hydrogen-bond donors (Lipinski definition) is 2. The zero-order chi connectivity index (χ0) is 20.5. The molecule has 0 radical (unpaired) electrons. The van der Waals surface area contributed by atoms with E-state index < -0.39 is 0 Å². The number of hydrogen-bond acceptors (Lipinski definition) is 4. The number of aryl methyl sites for hydroxylation is 2. The second kappa shape index (κ2) is 7.09. The number of nitrogens with one attached hydrogen (secondary N) is 2. The van der Waals surface area contributed by atoms with Crippen LogP contribution in [0.4, 0.5) is 5.69 Å². The molecule has 0 unspecified atom stereocenters. The molecule has 0 spiro atoms.